The van der Waals surface area contributed by atoms with Crippen LogP contribution in [0.1, 0.15) is 5.56 Å². The molecule has 1 aromatic heterocycles. The fraction of sp³-hybridized carbons (Fsp3) is 0.0909. The van der Waals surface area contributed by atoms with Gasteiger partial charge in [-0.2, -0.15) is 18.3 Å². The van der Waals surface area contributed by atoms with Gasteiger partial charge in [0.15, 0.2) is 5.75 Å². The number of hydrogen-bond acceptors (Lipinski definition) is 4. The van der Waals surface area contributed by atoms with Crippen molar-refractivity contribution in [1.29, 1.82) is 0 Å². The van der Waals surface area contributed by atoms with E-state index in [0.717, 1.165) is 12.3 Å². The Morgan fingerprint density at radius 2 is 1.79 bits per heavy atom. The second-order valence-electron chi connectivity index (χ2n) is 3.59. The monoisotopic (exact) mass is 273 g/mol. The second kappa shape index (κ2) is 4.71. The topological polar surface area (TPSA) is 61.0 Å². The van der Waals surface area contributed by atoms with Crippen molar-refractivity contribution in [3.63, 3.8) is 0 Å². The maximum atomic E-state index is 13.1. The van der Waals surface area contributed by atoms with Crippen LogP contribution < -0.4 is 10.5 Å². The molecular weight excluding hydrogens is 266 g/mol. The van der Waals surface area contributed by atoms with E-state index in [0.29, 0.717) is 12.1 Å². The summed E-state index contributed by atoms with van der Waals surface area (Å²) < 4.78 is 55.6. The lowest BCUT2D eigenvalue weighted by Gasteiger charge is -2.10. The molecule has 0 aliphatic heterocycles. The highest BCUT2D eigenvalue weighted by Gasteiger charge is 2.31. The van der Waals surface area contributed by atoms with E-state index in [-0.39, 0.29) is 17.3 Å². The van der Waals surface area contributed by atoms with Gasteiger partial charge in [-0.3, -0.25) is 0 Å². The zero-order valence-electron chi connectivity index (χ0n) is 9.28. The molecule has 1 heterocycles. The molecule has 0 saturated carbocycles. The Morgan fingerprint density at radius 3 is 2.42 bits per heavy atom. The fourth-order valence-corrected chi connectivity index (χ4v) is 1.34. The van der Waals surface area contributed by atoms with Gasteiger partial charge in [-0.25, -0.2) is 4.39 Å². The van der Waals surface area contributed by atoms with Crippen molar-refractivity contribution in [1.82, 2.24) is 10.2 Å². The summed E-state index contributed by atoms with van der Waals surface area (Å²) in [6.45, 7) is 0. The molecular formula is C11H7F4N3O. The van der Waals surface area contributed by atoms with Gasteiger partial charge in [0.1, 0.15) is 17.4 Å². The maximum absolute atomic E-state index is 13.1. The predicted molar refractivity (Wildman–Crippen MR) is 57.9 cm³/mol. The standard InChI is InChI=1S/C11H7F4N3O/c12-7-1-6(11(13,14)15)2-8(3-7)19-9-4-10(16)18-17-5-9/h1-5H,(H2,16,18). The maximum Gasteiger partial charge on any atom is 0.416 e. The average molecular weight is 273 g/mol. The zero-order chi connectivity index (χ0) is 14.0. The lowest BCUT2D eigenvalue weighted by atomic mass is 10.2. The molecule has 0 unspecified atom stereocenters. The SMILES string of the molecule is Nc1cc(Oc2cc(F)cc(C(F)(F)F)c2)cnn1. The molecule has 2 rings (SSSR count). The Morgan fingerprint density at radius 1 is 1.05 bits per heavy atom. The average Bonchev–Trinajstić information content (AvgIpc) is 2.26. The number of alkyl halides is 3. The largest absolute Gasteiger partial charge is 0.455 e. The van der Waals surface area contributed by atoms with Crippen molar-refractivity contribution in [2.24, 2.45) is 0 Å². The first kappa shape index (κ1) is 13.1. The molecule has 0 amide bonds. The number of hydrogen-bond donors (Lipinski definition) is 1. The van der Waals surface area contributed by atoms with Crippen molar-refractivity contribution in [2.45, 2.75) is 6.18 Å². The number of halogens is 4. The van der Waals surface area contributed by atoms with Crippen LogP contribution in [0.5, 0.6) is 11.5 Å². The number of rotatable bonds is 2. The van der Waals surface area contributed by atoms with E-state index in [4.69, 9.17) is 10.5 Å². The van der Waals surface area contributed by atoms with Crippen molar-refractivity contribution >= 4 is 5.82 Å². The minimum absolute atomic E-state index is 0.0324. The normalized spacial score (nSPS) is 11.4. The number of ether oxygens (including phenoxy) is 1. The summed E-state index contributed by atoms with van der Waals surface area (Å²) in [5, 5.41) is 6.91. The summed E-state index contributed by atoms with van der Waals surface area (Å²) in [4.78, 5) is 0. The molecule has 0 aliphatic rings. The first-order valence-electron chi connectivity index (χ1n) is 4.98. The van der Waals surface area contributed by atoms with Gasteiger partial charge in [0.25, 0.3) is 0 Å². The van der Waals surface area contributed by atoms with Crippen LogP contribution in [0.4, 0.5) is 23.4 Å². The summed E-state index contributed by atoms with van der Waals surface area (Å²) in [5.74, 6) is -1.27. The summed E-state index contributed by atoms with van der Waals surface area (Å²) >= 11 is 0. The Balaban J connectivity index is 2.33. The molecule has 0 saturated heterocycles. The highest BCUT2D eigenvalue weighted by molar-refractivity contribution is 5.38. The summed E-state index contributed by atoms with van der Waals surface area (Å²) in [5.41, 5.74) is 4.19. The van der Waals surface area contributed by atoms with Crippen molar-refractivity contribution in [3.05, 3.63) is 41.8 Å². The lowest BCUT2D eigenvalue weighted by Crippen LogP contribution is -2.05. The van der Waals surface area contributed by atoms with Gasteiger partial charge in [-0.15, -0.1) is 5.10 Å². The number of nitrogen functional groups attached to an aromatic ring is 1. The number of anilines is 1. The number of nitrogens with two attached hydrogens (primary N) is 1. The third-order valence-corrected chi connectivity index (χ3v) is 2.08. The Hall–Kier alpha value is -2.38. The van der Waals surface area contributed by atoms with E-state index in [9.17, 15) is 17.6 Å². The van der Waals surface area contributed by atoms with Crippen molar-refractivity contribution < 1.29 is 22.3 Å². The van der Waals surface area contributed by atoms with Crippen LogP contribution >= 0.6 is 0 Å². The first-order chi connectivity index (χ1) is 8.84. The molecule has 0 bridgehead atoms. The summed E-state index contributed by atoms with van der Waals surface area (Å²) in [7, 11) is 0. The number of aromatic nitrogens is 2. The molecule has 0 radical (unpaired) electrons. The van der Waals surface area contributed by atoms with Crippen LogP contribution in [0, 0.1) is 5.82 Å². The van der Waals surface area contributed by atoms with E-state index in [2.05, 4.69) is 10.2 Å². The van der Waals surface area contributed by atoms with Crippen LogP contribution in [0.2, 0.25) is 0 Å². The molecule has 0 fully saturated rings. The molecule has 0 atom stereocenters. The minimum atomic E-state index is -4.66. The van der Waals surface area contributed by atoms with E-state index in [1.54, 1.807) is 0 Å². The highest BCUT2D eigenvalue weighted by atomic mass is 19.4. The molecule has 0 spiro atoms. The number of benzene rings is 1. The van der Waals surface area contributed by atoms with Gasteiger partial charge >= 0.3 is 6.18 Å². The first-order valence-corrected chi connectivity index (χ1v) is 4.98. The van der Waals surface area contributed by atoms with Gasteiger partial charge in [-0.05, 0) is 12.1 Å². The molecule has 19 heavy (non-hydrogen) atoms. The molecule has 100 valence electrons. The van der Waals surface area contributed by atoms with E-state index >= 15 is 0 Å². The third-order valence-electron chi connectivity index (χ3n) is 2.08. The van der Waals surface area contributed by atoms with Gasteiger partial charge < -0.3 is 10.5 Å². The molecule has 2 N–H and O–H groups in total. The predicted octanol–water partition coefficient (Wildman–Crippen LogP) is 3.01. The zero-order valence-corrected chi connectivity index (χ0v) is 9.28. The molecule has 2 aromatic rings. The van der Waals surface area contributed by atoms with E-state index < -0.39 is 17.6 Å². The summed E-state index contributed by atoms with van der Waals surface area (Å²) in [6.07, 6.45) is -3.51. The summed E-state index contributed by atoms with van der Waals surface area (Å²) in [6, 6.07) is 3.14. The Labute approximate surface area is 104 Å². The molecule has 8 heteroatoms. The van der Waals surface area contributed by atoms with E-state index in [1.807, 2.05) is 0 Å². The Kier molecular flexibility index (Phi) is 3.24. The van der Waals surface area contributed by atoms with Crippen LogP contribution in [0.15, 0.2) is 30.5 Å². The molecule has 0 aliphatic carbocycles. The van der Waals surface area contributed by atoms with Crippen molar-refractivity contribution in [2.75, 3.05) is 5.73 Å². The molecule has 4 nitrogen and oxygen atoms in total. The van der Waals surface area contributed by atoms with Crippen LogP contribution in [0.3, 0.4) is 0 Å². The third kappa shape index (κ3) is 3.30. The van der Waals surface area contributed by atoms with E-state index in [1.165, 1.54) is 6.07 Å². The van der Waals surface area contributed by atoms with Crippen molar-refractivity contribution in [3.8, 4) is 11.5 Å². The second-order valence-corrected chi connectivity index (χ2v) is 3.59. The van der Waals surface area contributed by atoms with Crippen LogP contribution in [-0.2, 0) is 6.18 Å². The van der Waals surface area contributed by atoms with Crippen LogP contribution in [0.25, 0.3) is 0 Å². The van der Waals surface area contributed by atoms with Crippen LogP contribution in [-0.4, -0.2) is 10.2 Å². The quantitative estimate of drug-likeness (QED) is 0.854. The number of nitrogens with zero attached hydrogens (tertiary/aromatic N) is 2. The lowest BCUT2D eigenvalue weighted by molar-refractivity contribution is -0.137. The van der Waals surface area contributed by atoms with Gasteiger partial charge in [-0.1, -0.05) is 0 Å². The minimum Gasteiger partial charge on any atom is -0.455 e. The van der Waals surface area contributed by atoms with Gasteiger partial charge in [0.05, 0.1) is 11.8 Å². The fourth-order valence-electron chi connectivity index (χ4n) is 1.34. The van der Waals surface area contributed by atoms with Gasteiger partial charge in [0.2, 0.25) is 0 Å². The highest BCUT2D eigenvalue weighted by Crippen LogP contribution is 2.33. The Bertz CT molecular complexity index is 601. The van der Waals surface area contributed by atoms with Gasteiger partial charge in [0, 0.05) is 12.1 Å². The molecule has 1 aromatic carbocycles. The smallest absolute Gasteiger partial charge is 0.416 e.